The van der Waals surface area contributed by atoms with Crippen molar-refractivity contribution in [2.24, 2.45) is 0 Å². The maximum Gasteiger partial charge on any atom is 0.267 e. The summed E-state index contributed by atoms with van der Waals surface area (Å²) in [5.41, 5.74) is 2.30. The molecule has 0 aromatic carbocycles. The molecule has 1 unspecified atom stereocenters. The second-order valence-corrected chi connectivity index (χ2v) is 6.46. The molecule has 0 aliphatic carbocycles. The minimum absolute atomic E-state index is 0.118. The van der Waals surface area contributed by atoms with Gasteiger partial charge in [0.25, 0.3) is 5.56 Å². The Balaban J connectivity index is 1.76. The molecule has 0 saturated heterocycles. The van der Waals surface area contributed by atoms with Gasteiger partial charge in [-0.25, -0.2) is 4.68 Å². The number of nitrogens with zero attached hydrogens (tertiary/aromatic N) is 3. The van der Waals surface area contributed by atoms with Crippen LogP contribution < -0.4 is 10.9 Å². The molecule has 6 nitrogen and oxygen atoms in total. The third-order valence-corrected chi connectivity index (χ3v) is 4.43. The molecule has 3 aromatic rings. The molecule has 0 fully saturated rings. The lowest BCUT2D eigenvalue weighted by Crippen LogP contribution is -2.36. The smallest absolute Gasteiger partial charge is 0.267 e. The molecule has 1 N–H and O–H groups in total. The first-order chi connectivity index (χ1) is 12.1. The largest absolute Gasteiger partial charge is 0.346 e. The Labute approximate surface area is 149 Å². The molecular formula is C18H18N4O2S. The number of nitrogens with one attached hydrogen (secondary N) is 1. The molecule has 25 heavy (non-hydrogen) atoms. The number of aromatic nitrogens is 3. The molecule has 0 bridgehead atoms. The summed E-state index contributed by atoms with van der Waals surface area (Å²) >= 11 is 1.61. The van der Waals surface area contributed by atoms with Crippen LogP contribution in [0.1, 0.15) is 23.0 Å². The van der Waals surface area contributed by atoms with Crippen LogP contribution in [0.25, 0.3) is 0 Å². The van der Waals surface area contributed by atoms with Crippen molar-refractivity contribution in [1.29, 1.82) is 0 Å². The predicted molar refractivity (Wildman–Crippen MR) is 96.4 cm³/mol. The van der Waals surface area contributed by atoms with E-state index in [9.17, 15) is 9.59 Å². The van der Waals surface area contributed by atoms with Gasteiger partial charge in [-0.1, -0.05) is 6.07 Å². The standard InChI is InChI=1S/C18H18N4O2S/c1-13-5-6-18(24)22(21-13)11-17(23)20-16(10-14-7-9-25-12-14)15-4-2-3-8-19-15/h2-9,12,16H,10-11H2,1H3,(H,20,23). The monoisotopic (exact) mass is 354 g/mol. The number of pyridine rings is 1. The van der Waals surface area contributed by atoms with Crippen molar-refractivity contribution in [2.75, 3.05) is 0 Å². The SMILES string of the molecule is Cc1ccc(=O)n(CC(=O)NC(Cc2ccsc2)c2ccccn2)n1. The third kappa shape index (κ3) is 4.60. The number of hydrogen-bond donors (Lipinski definition) is 1. The van der Waals surface area contributed by atoms with Gasteiger partial charge in [0.05, 0.1) is 17.4 Å². The van der Waals surface area contributed by atoms with E-state index in [1.165, 1.54) is 10.7 Å². The average Bonchev–Trinajstić information content (AvgIpc) is 3.11. The van der Waals surface area contributed by atoms with Crippen molar-refractivity contribution in [3.63, 3.8) is 0 Å². The molecule has 128 valence electrons. The average molecular weight is 354 g/mol. The first-order valence-electron chi connectivity index (χ1n) is 7.88. The topological polar surface area (TPSA) is 76.9 Å². The summed E-state index contributed by atoms with van der Waals surface area (Å²) in [7, 11) is 0. The summed E-state index contributed by atoms with van der Waals surface area (Å²) in [4.78, 5) is 28.6. The van der Waals surface area contributed by atoms with Crippen LogP contribution in [0.15, 0.2) is 58.1 Å². The molecule has 0 aliphatic rings. The lowest BCUT2D eigenvalue weighted by molar-refractivity contribution is -0.122. The quantitative estimate of drug-likeness (QED) is 0.735. The Kier molecular flexibility index (Phi) is 5.35. The number of rotatable bonds is 6. The first-order valence-corrected chi connectivity index (χ1v) is 8.82. The van der Waals surface area contributed by atoms with Crippen LogP contribution >= 0.6 is 11.3 Å². The molecule has 3 aromatic heterocycles. The lowest BCUT2D eigenvalue weighted by atomic mass is 10.1. The molecule has 1 amide bonds. The minimum Gasteiger partial charge on any atom is -0.346 e. The van der Waals surface area contributed by atoms with Crippen molar-refractivity contribution < 1.29 is 4.79 Å². The van der Waals surface area contributed by atoms with Gasteiger partial charge in [-0.05, 0) is 53.9 Å². The molecule has 0 spiro atoms. The zero-order chi connectivity index (χ0) is 17.6. The number of amides is 1. The lowest BCUT2D eigenvalue weighted by Gasteiger charge is -2.18. The number of thiophene rings is 1. The molecule has 0 radical (unpaired) electrons. The Morgan fingerprint density at radius 3 is 2.88 bits per heavy atom. The van der Waals surface area contributed by atoms with Crippen molar-refractivity contribution >= 4 is 17.2 Å². The normalized spacial score (nSPS) is 11.9. The van der Waals surface area contributed by atoms with E-state index >= 15 is 0 Å². The first kappa shape index (κ1) is 17.0. The number of hydrogen-bond acceptors (Lipinski definition) is 5. The minimum atomic E-state index is -0.298. The highest BCUT2D eigenvalue weighted by Crippen LogP contribution is 2.18. The van der Waals surface area contributed by atoms with Gasteiger partial charge in [0, 0.05) is 12.3 Å². The van der Waals surface area contributed by atoms with E-state index in [1.807, 2.05) is 29.6 Å². The van der Waals surface area contributed by atoms with Crippen LogP contribution in [0, 0.1) is 6.92 Å². The molecule has 1 atom stereocenters. The van der Waals surface area contributed by atoms with E-state index in [1.54, 1.807) is 30.5 Å². The molecule has 3 rings (SSSR count). The van der Waals surface area contributed by atoms with Crippen molar-refractivity contribution in [2.45, 2.75) is 25.9 Å². The van der Waals surface area contributed by atoms with Crippen molar-refractivity contribution in [3.05, 3.63) is 80.7 Å². The van der Waals surface area contributed by atoms with Crippen LogP contribution in [0.3, 0.4) is 0 Å². The van der Waals surface area contributed by atoms with Gasteiger partial charge in [-0.2, -0.15) is 16.4 Å². The van der Waals surface area contributed by atoms with E-state index < -0.39 is 0 Å². The van der Waals surface area contributed by atoms with E-state index in [2.05, 4.69) is 20.8 Å². The maximum absolute atomic E-state index is 12.5. The van der Waals surface area contributed by atoms with Gasteiger partial charge in [0.15, 0.2) is 0 Å². The molecule has 7 heteroatoms. The summed E-state index contributed by atoms with van der Waals surface area (Å²) in [5, 5.41) is 11.1. The van der Waals surface area contributed by atoms with E-state index in [4.69, 9.17) is 0 Å². The van der Waals surface area contributed by atoms with Gasteiger partial charge in [-0.15, -0.1) is 0 Å². The fraction of sp³-hybridized carbons (Fsp3) is 0.222. The van der Waals surface area contributed by atoms with Gasteiger partial charge in [0.2, 0.25) is 5.91 Å². The van der Waals surface area contributed by atoms with E-state index in [-0.39, 0.29) is 24.1 Å². The fourth-order valence-corrected chi connectivity index (χ4v) is 3.18. The highest BCUT2D eigenvalue weighted by molar-refractivity contribution is 7.07. The zero-order valence-electron chi connectivity index (χ0n) is 13.8. The summed E-state index contributed by atoms with van der Waals surface area (Å²) in [6.45, 7) is 1.66. The van der Waals surface area contributed by atoms with Crippen molar-refractivity contribution in [3.8, 4) is 0 Å². The Morgan fingerprint density at radius 1 is 1.28 bits per heavy atom. The molecule has 0 aliphatic heterocycles. The molecular weight excluding hydrogens is 336 g/mol. The van der Waals surface area contributed by atoms with Crippen molar-refractivity contribution in [1.82, 2.24) is 20.1 Å². The van der Waals surface area contributed by atoms with Gasteiger partial charge >= 0.3 is 0 Å². The second-order valence-electron chi connectivity index (χ2n) is 5.68. The van der Waals surface area contributed by atoms with Gasteiger partial charge in [-0.3, -0.25) is 14.6 Å². The van der Waals surface area contributed by atoms with Crippen LogP contribution in [0.5, 0.6) is 0 Å². The molecule has 3 heterocycles. The highest BCUT2D eigenvalue weighted by atomic mass is 32.1. The summed E-state index contributed by atoms with van der Waals surface area (Å²) in [6, 6.07) is 10.4. The summed E-state index contributed by atoms with van der Waals surface area (Å²) < 4.78 is 1.17. The Bertz CT molecular complexity index is 891. The third-order valence-electron chi connectivity index (χ3n) is 3.69. The summed E-state index contributed by atoms with van der Waals surface area (Å²) in [6.07, 6.45) is 2.34. The summed E-state index contributed by atoms with van der Waals surface area (Å²) in [5.74, 6) is -0.272. The van der Waals surface area contributed by atoms with Crippen LogP contribution in [-0.4, -0.2) is 20.7 Å². The van der Waals surface area contributed by atoms with Gasteiger partial charge in [0.1, 0.15) is 6.54 Å². The van der Waals surface area contributed by atoms with E-state index in [0.29, 0.717) is 12.1 Å². The Morgan fingerprint density at radius 2 is 2.16 bits per heavy atom. The van der Waals surface area contributed by atoms with Crippen LogP contribution in [-0.2, 0) is 17.8 Å². The highest BCUT2D eigenvalue weighted by Gasteiger charge is 2.17. The maximum atomic E-state index is 12.5. The van der Waals surface area contributed by atoms with Gasteiger partial charge < -0.3 is 5.32 Å². The second kappa shape index (κ2) is 7.85. The number of aryl methyl sites for hydroxylation is 1. The Hall–Kier alpha value is -2.80. The van der Waals surface area contributed by atoms with E-state index in [0.717, 1.165) is 11.3 Å². The van der Waals surface area contributed by atoms with Crippen LogP contribution in [0.2, 0.25) is 0 Å². The zero-order valence-corrected chi connectivity index (χ0v) is 14.6. The number of carbonyl (C=O) groups is 1. The molecule has 0 saturated carbocycles. The number of carbonyl (C=O) groups excluding carboxylic acids is 1. The van der Waals surface area contributed by atoms with Crippen LogP contribution in [0.4, 0.5) is 0 Å². The fourth-order valence-electron chi connectivity index (χ4n) is 2.50. The predicted octanol–water partition coefficient (Wildman–Crippen LogP) is 2.11.